The number of nitrogens with zero attached hydrogens (tertiary/aromatic N) is 3. The molecule has 1 fully saturated rings. The predicted octanol–water partition coefficient (Wildman–Crippen LogP) is 4.28. The minimum atomic E-state index is -3.56. The van der Waals surface area contributed by atoms with Crippen LogP contribution in [-0.2, 0) is 16.6 Å². The van der Waals surface area contributed by atoms with Gasteiger partial charge in [0, 0.05) is 36.8 Å². The van der Waals surface area contributed by atoms with Crippen LogP contribution in [0.3, 0.4) is 0 Å². The molecular weight excluding hydrogens is 486 g/mol. The Labute approximate surface area is 211 Å². The summed E-state index contributed by atoms with van der Waals surface area (Å²) in [6, 6.07) is 21.7. The van der Waals surface area contributed by atoms with Crippen molar-refractivity contribution in [3.63, 3.8) is 0 Å². The molecule has 0 radical (unpaired) electrons. The second kappa shape index (κ2) is 10.6. The Balaban J connectivity index is 1.45. The van der Waals surface area contributed by atoms with Gasteiger partial charge in [-0.1, -0.05) is 41.9 Å². The maximum atomic E-state index is 13.1. The molecule has 1 amide bonds. The number of benzene rings is 3. The maximum Gasteiger partial charge on any atom is 0.253 e. The summed E-state index contributed by atoms with van der Waals surface area (Å²) < 4.78 is 31.8. The normalized spacial score (nSPS) is 14.0. The van der Waals surface area contributed by atoms with Crippen molar-refractivity contribution >= 4 is 38.9 Å². The molecule has 1 aliphatic heterocycles. The first-order valence-electron chi connectivity index (χ1n) is 11.3. The fourth-order valence-corrected chi connectivity index (χ4v) is 5.25. The van der Waals surface area contributed by atoms with Crippen LogP contribution in [0, 0.1) is 0 Å². The van der Waals surface area contributed by atoms with Gasteiger partial charge in [-0.3, -0.25) is 9.10 Å². The van der Waals surface area contributed by atoms with E-state index in [4.69, 9.17) is 16.3 Å². The van der Waals surface area contributed by atoms with Gasteiger partial charge in [0.15, 0.2) is 0 Å². The van der Waals surface area contributed by atoms with Crippen molar-refractivity contribution < 1.29 is 17.9 Å². The fraction of sp³-hybridized carbons (Fsp3) is 0.269. The Hall–Kier alpha value is -3.23. The van der Waals surface area contributed by atoms with Crippen LogP contribution in [0.1, 0.15) is 15.9 Å². The Morgan fingerprint density at radius 2 is 1.57 bits per heavy atom. The van der Waals surface area contributed by atoms with Crippen molar-refractivity contribution in [3.05, 3.63) is 88.9 Å². The van der Waals surface area contributed by atoms with Gasteiger partial charge in [0.25, 0.3) is 5.91 Å². The van der Waals surface area contributed by atoms with E-state index in [0.717, 1.165) is 17.7 Å². The Morgan fingerprint density at radius 1 is 0.943 bits per heavy atom. The zero-order chi connectivity index (χ0) is 25.0. The van der Waals surface area contributed by atoms with Crippen LogP contribution in [0.15, 0.2) is 72.8 Å². The van der Waals surface area contributed by atoms with Crippen molar-refractivity contribution in [2.75, 3.05) is 48.7 Å². The molecule has 35 heavy (non-hydrogen) atoms. The molecule has 0 atom stereocenters. The first-order chi connectivity index (χ1) is 16.8. The average molecular weight is 514 g/mol. The molecule has 7 nitrogen and oxygen atoms in total. The summed E-state index contributed by atoms with van der Waals surface area (Å²) in [6.45, 7) is 2.67. The zero-order valence-corrected chi connectivity index (χ0v) is 21.3. The molecule has 4 rings (SSSR count). The minimum absolute atomic E-state index is 0.0757. The maximum absolute atomic E-state index is 13.1. The topological polar surface area (TPSA) is 70.2 Å². The predicted molar refractivity (Wildman–Crippen MR) is 140 cm³/mol. The van der Waals surface area contributed by atoms with Gasteiger partial charge in [0.05, 0.1) is 31.3 Å². The van der Waals surface area contributed by atoms with Crippen molar-refractivity contribution in [1.82, 2.24) is 4.90 Å². The van der Waals surface area contributed by atoms with Crippen molar-refractivity contribution in [1.29, 1.82) is 0 Å². The monoisotopic (exact) mass is 513 g/mol. The molecule has 0 N–H and O–H groups in total. The van der Waals surface area contributed by atoms with Gasteiger partial charge in [-0.25, -0.2) is 8.42 Å². The van der Waals surface area contributed by atoms with E-state index in [9.17, 15) is 13.2 Å². The number of hydrogen-bond donors (Lipinski definition) is 0. The van der Waals surface area contributed by atoms with Crippen LogP contribution in [0.4, 0.5) is 11.4 Å². The molecule has 1 aliphatic rings. The number of rotatable bonds is 7. The lowest BCUT2D eigenvalue weighted by atomic mass is 10.1. The lowest BCUT2D eigenvalue weighted by molar-refractivity contribution is 0.0746. The summed E-state index contributed by atoms with van der Waals surface area (Å²) in [7, 11) is -1.91. The van der Waals surface area contributed by atoms with E-state index in [1.165, 1.54) is 4.31 Å². The second-order valence-electron chi connectivity index (χ2n) is 8.36. The van der Waals surface area contributed by atoms with Gasteiger partial charge < -0.3 is 14.5 Å². The molecule has 0 aliphatic carbocycles. The van der Waals surface area contributed by atoms with Crippen LogP contribution in [0.25, 0.3) is 0 Å². The van der Waals surface area contributed by atoms with Crippen LogP contribution in [0.2, 0.25) is 5.02 Å². The number of para-hydroxylation sites is 2. The van der Waals surface area contributed by atoms with Crippen LogP contribution < -0.4 is 13.9 Å². The van der Waals surface area contributed by atoms with Gasteiger partial charge >= 0.3 is 0 Å². The van der Waals surface area contributed by atoms with E-state index in [2.05, 4.69) is 4.90 Å². The quantitative estimate of drug-likeness (QED) is 0.471. The summed E-state index contributed by atoms with van der Waals surface area (Å²) in [5.74, 6) is 0.739. The molecule has 0 unspecified atom stereocenters. The number of carbonyl (C=O) groups excluding carboxylic acids is 1. The summed E-state index contributed by atoms with van der Waals surface area (Å²) in [5.41, 5.74) is 2.72. The molecular formula is C26H28ClN3O4S. The highest BCUT2D eigenvalue weighted by atomic mass is 35.5. The molecule has 1 heterocycles. The first-order valence-corrected chi connectivity index (χ1v) is 13.5. The Morgan fingerprint density at radius 3 is 2.20 bits per heavy atom. The number of amides is 1. The second-order valence-corrected chi connectivity index (χ2v) is 10.7. The lowest BCUT2D eigenvalue weighted by Crippen LogP contribution is -2.48. The number of methoxy groups -OCH3 is 1. The van der Waals surface area contributed by atoms with E-state index in [0.29, 0.717) is 48.0 Å². The van der Waals surface area contributed by atoms with Gasteiger partial charge in [-0.2, -0.15) is 0 Å². The molecule has 184 valence electrons. The number of ether oxygens (including phenoxy) is 1. The molecule has 0 aromatic heterocycles. The van der Waals surface area contributed by atoms with Crippen molar-refractivity contribution in [2.45, 2.75) is 6.54 Å². The number of sulfonamides is 1. The van der Waals surface area contributed by atoms with Crippen LogP contribution in [0.5, 0.6) is 5.75 Å². The summed E-state index contributed by atoms with van der Waals surface area (Å²) in [5, 5.41) is 0.500. The highest BCUT2D eigenvalue weighted by molar-refractivity contribution is 7.92. The summed E-state index contributed by atoms with van der Waals surface area (Å²) in [4.78, 5) is 17.1. The Kier molecular flexibility index (Phi) is 7.52. The zero-order valence-electron chi connectivity index (χ0n) is 19.7. The lowest BCUT2D eigenvalue weighted by Gasteiger charge is -2.36. The number of carbonyl (C=O) groups is 1. The van der Waals surface area contributed by atoms with Crippen molar-refractivity contribution in [3.8, 4) is 5.75 Å². The molecule has 0 bridgehead atoms. The molecule has 1 saturated heterocycles. The van der Waals surface area contributed by atoms with E-state index in [1.807, 2.05) is 35.2 Å². The molecule has 0 saturated carbocycles. The third-order valence-corrected chi connectivity index (χ3v) is 7.58. The standard InChI is InChI=1S/C26H28ClN3O4S/c1-34-25-10-6-5-9-24(25)28-15-17-29(18-16-28)26(31)20-11-13-22(14-12-20)30(35(2,32)33)19-21-7-3-4-8-23(21)27/h3-14H,15-19H2,1-2H3. The van der Waals surface area contributed by atoms with Gasteiger partial charge in [-0.05, 0) is 48.0 Å². The fourth-order valence-electron chi connectivity index (χ4n) is 4.18. The van der Waals surface area contributed by atoms with E-state index in [1.54, 1.807) is 49.6 Å². The Bertz CT molecular complexity index is 1290. The minimum Gasteiger partial charge on any atom is -0.495 e. The summed E-state index contributed by atoms with van der Waals surface area (Å²) >= 11 is 6.24. The highest BCUT2D eigenvalue weighted by Gasteiger charge is 2.25. The molecule has 3 aromatic rings. The number of halogens is 1. The number of piperazine rings is 1. The SMILES string of the molecule is COc1ccccc1N1CCN(C(=O)c2ccc(N(Cc3ccccc3Cl)S(C)(=O)=O)cc2)CC1. The average Bonchev–Trinajstić information content (AvgIpc) is 2.87. The van der Waals surface area contributed by atoms with E-state index in [-0.39, 0.29) is 12.5 Å². The third kappa shape index (κ3) is 5.71. The smallest absolute Gasteiger partial charge is 0.253 e. The number of hydrogen-bond acceptors (Lipinski definition) is 5. The van der Waals surface area contributed by atoms with Crippen LogP contribution >= 0.6 is 11.6 Å². The molecule has 0 spiro atoms. The first kappa shape index (κ1) is 24.9. The highest BCUT2D eigenvalue weighted by Crippen LogP contribution is 2.29. The summed E-state index contributed by atoms with van der Waals surface area (Å²) in [6.07, 6.45) is 1.16. The van der Waals surface area contributed by atoms with Gasteiger partial charge in [0.2, 0.25) is 10.0 Å². The molecule has 9 heteroatoms. The van der Waals surface area contributed by atoms with Crippen molar-refractivity contribution in [2.24, 2.45) is 0 Å². The van der Waals surface area contributed by atoms with E-state index < -0.39 is 10.0 Å². The number of anilines is 2. The van der Waals surface area contributed by atoms with E-state index >= 15 is 0 Å². The third-order valence-electron chi connectivity index (χ3n) is 6.07. The molecule has 3 aromatic carbocycles. The van der Waals surface area contributed by atoms with Gasteiger partial charge in [-0.15, -0.1) is 0 Å². The van der Waals surface area contributed by atoms with Crippen LogP contribution in [-0.4, -0.2) is 58.8 Å². The van der Waals surface area contributed by atoms with Gasteiger partial charge in [0.1, 0.15) is 5.75 Å². The largest absolute Gasteiger partial charge is 0.495 e.